The Morgan fingerprint density at radius 3 is 2.64 bits per heavy atom. The molecule has 0 saturated heterocycles. The van der Waals surface area contributed by atoms with Crippen molar-refractivity contribution in [3.8, 4) is 6.08 Å². The fraction of sp³-hybridized carbons (Fsp3) is 0.333. The topological polar surface area (TPSA) is 72.6 Å². The largest absolute Gasteiger partial charge is 0.476 e. The van der Waals surface area contributed by atoms with Gasteiger partial charge in [-0.15, -0.1) is 0 Å². The van der Waals surface area contributed by atoms with Gasteiger partial charge in [-0.3, -0.25) is 0 Å². The highest BCUT2D eigenvalue weighted by atomic mass is 16.6. The molecule has 0 atom stereocenters. The minimum atomic E-state index is -1.12. The molecular weight excluding hydrogens is 150 g/mol. The van der Waals surface area contributed by atoms with E-state index in [0.29, 0.717) is 0 Å². The summed E-state index contributed by atoms with van der Waals surface area (Å²) >= 11 is 0. The van der Waals surface area contributed by atoms with E-state index in [9.17, 15) is 4.79 Å². The Morgan fingerprint density at radius 2 is 2.36 bits per heavy atom. The van der Waals surface area contributed by atoms with Gasteiger partial charge in [0.25, 0.3) is 0 Å². The maximum absolute atomic E-state index is 10.4. The SMILES string of the molecule is COc1nc(C(=O)O)c(C)o1. The second-order valence-electron chi connectivity index (χ2n) is 1.89. The number of aryl methyl sites for hydroxylation is 1. The van der Waals surface area contributed by atoms with Gasteiger partial charge in [-0.1, -0.05) is 0 Å². The molecular formula is C6H7NO4. The number of methoxy groups -OCH3 is 1. The molecule has 1 aromatic rings. The average molecular weight is 157 g/mol. The van der Waals surface area contributed by atoms with E-state index in [4.69, 9.17) is 9.52 Å². The second-order valence-corrected chi connectivity index (χ2v) is 1.89. The molecule has 0 aliphatic carbocycles. The number of aromatic carboxylic acids is 1. The highest BCUT2D eigenvalue weighted by Crippen LogP contribution is 2.14. The van der Waals surface area contributed by atoms with Crippen molar-refractivity contribution in [2.24, 2.45) is 0 Å². The van der Waals surface area contributed by atoms with Crippen LogP contribution in [-0.2, 0) is 0 Å². The van der Waals surface area contributed by atoms with E-state index >= 15 is 0 Å². The minimum Gasteiger partial charge on any atom is -0.476 e. The van der Waals surface area contributed by atoms with Crippen LogP contribution in [0, 0.1) is 6.92 Å². The van der Waals surface area contributed by atoms with Crippen LogP contribution in [0.2, 0.25) is 0 Å². The average Bonchev–Trinajstić information content (AvgIpc) is 2.30. The van der Waals surface area contributed by atoms with Gasteiger partial charge in [0.1, 0.15) is 5.76 Å². The number of carboxylic acids is 1. The van der Waals surface area contributed by atoms with Gasteiger partial charge in [-0.2, -0.15) is 4.98 Å². The first-order chi connectivity index (χ1) is 5.15. The van der Waals surface area contributed by atoms with Crippen molar-refractivity contribution in [1.29, 1.82) is 0 Å². The molecule has 0 aromatic carbocycles. The van der Waals surface area contributed by atoms with Crippen LogP contribution in [0.4, 0.5) is 0 Å². The lowest BCUT2D eigenvalue weighted by atomic mass is 10.4. The molecule has 11 heavy (non-hydrogen) atoms. The number of rotatable bonds is 2. The van der Waals surface area contributed by atoms with E-state index in [1.807, 2.05) is 0 Å². The molecule has 0 aliphatic heterocycles. The maximum Gasteiger partial charge on any atom is 0.394 e. The number of hydrogen-bond acceptors (Lipinski definition) is 4. The van der Waals surface area contributed by atoms with Crippen molar-refractivity contribution in [1.82, 2.24) is 4.98 Å². The summed E-state index contributed by atoms with van der Waals surface area (Å²) in [6, 6.07) is 0. The monoisotopic (exact) mass is 157 g/mol. The Kier molecular flexibility index (Phi) is 1.80. The summed E-state index contributed by atoms with van der Waals surface area (Å²) in [6.45, 7) is 1.51. The van der Waals surface area contributed by atoms with Crippen LogP contribution in [0.1, 0.15) is 16.2 Å². The molecule has 60 valence electrons. The summed E-state index contributed by atoms with van der Waals surface area (Å²) < 4.78 is 9.40. The highest BCUT2D eigenvalue weighted by molar-refractivity contribution is 5.86. The number of ether oxygens (including phenoxy) is 1. The molecule has 0 spiro atoms. The molecule has 1 aromatic heterocycles. The summed E-state index contributed by atoms with van der Waals surface area (Å²) in [5, 5.41) is 8.50. The van der Waals surface area contributed by atoms with Crippen LogP contribution in [-0.4, -0.2) is 23.2 Å². The summed E-state index contributed by atoms with van der Waals surface area (Å²) in [5.41, 5.74) is -0.109. The molecule has 0 aliphatic rings. The van der Waals surface area contributed by atoms with E-state index in [0.717, 1.165) is 0 Å². The van der Waals surface area contributed by atoms with Gasteiger partial charge in [0.15, 0.2) is 5.69 Å². The Bertz CT molecular complexity index is 278. The number of nitrogens with zero attached hydrogens (tertiary/aromatic N) is 1. The first kappa shape index (κ1) is 7.59. The molecule has 0 radical (unpaired) electrons. The van der Waals surface area contributed by atoms with Crippen LogP contribution in [0.3, 0.4) is 0 Å². The van der Waals surface area contributed by atoms with Gasteiger partial charge in [0.05, 0.1) is 7.11 Å². The van der Waals surface area contributed by atoms with Crippen LogP contribution < -0.4 is 4.74 Å². The standard InChI is InChI=1S/C6H7NO4/c1-3-4(5(8)9)7-6(10-2)11-3/h1-2H3,(H,8,9). The third-order valence-corrected chi connectivity index (χ3v) is 1.15. The number of aromatic nitrogens is 1. The fourth-order valence-corrected chi connectivity index (χ4v) is 0.658. The lowest BCUT2D eigenvalue weighted by molar-refractivity contribution is 0.0689. The lowest BCUT2D eigenvalue weighted by Gasteiger charge is -1.84. The zero-order valence-corrected chi connectivity index (χ0v) is 6.12. The van der Waals surface area contributed by atoms with Gasteiger partial charge in [0, 0.05) is 0 Å². The lowest BCUT2D eigenvalue weighted by Crippen LogP contribution is -1.98. The van der Waals surface area contributed by atoms with Gasteiger partial charge < -0.3 is 14.3 Å². The second kappa shape index (κ2) is 2.61. The first-order valence-electron chi connectivity index (χ1n) is 2.90. The van der Waals surface area contributed by atoms with E-state index in [1.54, 1.807) is 0 Å². The molecule has 0 unspecified atom stereocenters. The molecule has 0 fully saturated rings. The Morgan fingerprint density at radius 1 is 1.73 bits per heavy atom. The van der Waals surface area contributed by atoms with E-state index < -0.39 is 5.97 Å². The van der Waals surface area contributed by atoms with Crippen LogP contribution in [0.5, 0.6) is 6.08 Å². The third-order valence-electron chi connectivity index (χ3n) is 1.15. The zero-order valence-electron chi connectivity index (χ0n) is 6.12. The van der Waals surface area contributed by atoms with E-state index in [2.05, 4.69) is 9.72 Å². The van der Waals surface area contributed by atoms with Crippen molar-refractivity contribution in [3.05, 3.63) is 11.5 Å². The molecule has 1 rings (SSSR count). The quantitative estimate of drug-likeness (QED) is 0.683. The molecule has 1 heterocycles. The zero-order chi connectivity index (χ0) is 8.43. The Labute approximate surface area is 62.6 Å². The summed E-state index contributed by atoms with van der Waals surface area (Å²) in [7, 11) is 1.36. The molecule has 1 N–H and O–H groups in total. The molecule has 0 bridgehead atoms. The van der Waals surface area contributed by atoms with Crippen molar-refractivity contribution < 1.29 is 19.1 Å². The van der Waals surface area contributed by atoms with Crippen molar-refractivity contribution in [2.45, 2.75) is 6.92 Å². The Hall–Kier alpha value is -1.52. The van der Waals surface area contributed by atoms with Crippen LogP contribution in [0.25, 0.3) is 0 Å². The first-order valence-corrected chi connectivity index (χ1v) is 2.90. The van der Waals surface area contributed by atoms with Gasteiger partial charge in [-0.25, -0.2) is 4.79 Å². The number of hydrogen-bond donors (Lipinski definition) is 1. The third kappa shape index (κ3) is 1.31. The highest BCUT2D eigenvalue weighted by Gasteiger charge is 2.15. The number of oxazole rings is 1. The van der Waals surface area contributed by atoms with Gasteiger partial charge in [-0.05, 0) is 6.92 Å². The number of carbonyl (C=O) groups is 1. The van der Waals surface area contributed by atoms with Crippen molar-refractivity contribution in [3.63, 3.8) is 0 Å². The number of carboxylic acid groups (broad SMARTS) is 1. The van der Waals surface area contributed by atoms with Gasteiger partial charge in [0.2, 0.25) is 0 Å². The van der Waals surface area contributed by atoms with Crippen LogP contribution in [0.15, 0.2) is 4.42 Å². The predicted octanol–water partition coefficient (Wildman–Crippen LogP) is 0.690. The minimum absolute atomic E-state index is 0.0279. The van der Waals surface area contributed by atoms with E-state index in [-0.39, 0.29) is 17.5 Å². The van der Waals surface area contributed by atoms with Crippen molar-refractivity contribution in [2.75, 3.05) is 7.11 Å². The molecule has 0 saturated carbocycles. The molecule has 5 nitrogen and oxygen atoms in total. The summed E-state index contributed by atoms with van der Waals surface area (Å²) in [6.07, 6.45) is -0.0279. The van der Waals surface area contributed by atoms with Gasteiger partial charge >= 0.3 is 12.0 Å². The smallest absolute Gasteiger partial charge is 0.394 e. The normalized spacial score (nSPS) is 9.64. The van der Waals surface area contributed by atoms with Crippen molar-refractivity contribution >= 4 is 5.97 Å². The molecule has 0 amide bonds. The maximum atomic E-state index is 10.4. The predicted molar refractivity (Wildman–Crippen MR) is 34.8 cm³/mol. The fourth-order valence-electron chi connectivity index (χ4n) is 0.658. The van der Waals surface area contributed by atoms with Crippen LogP contribution >= 0.6 is 0 Å². The Balaban J connectivity index is 3.07. The molecule has 5 heteroatoms. The summed E-state index contributed by atoms with van der Waals surface area (Å²) in [4.78, 5) is 13.9. The van der Waals surface area contributed by atoms with E-state index in [1.165, 1.54) is 14.0 Å². The summed E-state index contributed by atoms with van der Waals surface area (Å²) in [5.74, 6) is -0.871.